The van der Waals surface area contributed by atoms with E-state index in [0.717, 1.165) is 44.3 Å². The van der Waals surface area contributed by atoms with Gasteiger partial charge in [0.1, 0.15) is 0 Å². The highest BCUT2D eigenvalue weighted by atomic mass is 15.0. The van der Waals surface area contributed by atoms with E-state index in [0.29, 0.717) is 5.69 Å². The number of rotatable bonds is 4. The van der Waals surface area contributed by atoms with Crippen molar-refractivity contribution in [3.63, 3.8) is 0 Å². The molecule has 8 aromatic carbocycles. The van der Waals surface area contributed by atoms with Gasteiger partial charge in [0.15, 0.2) is 5.69 Å². The van der Waals surface area contributed by atoms with Crippen LogP contribution >= 0.6 is 0 Å². The molecule has 0 aliphatic rings. The number of fused-ring (bicyclic) bond motifs is 7. The van der Waals surface area contributed by atoms with Gasteiger partial charge in [0.25, 0.3) is 0 Å². The van der Waals surface area contributed by atoms with Gasteiger partial charge in [-0.3, -0.25) is 0 Å². The second-order valence-electron chi connectivity index (χ2n) is 12.9. The van der Waals surface area contributed by atoms with E-state index in [1.165, 1.54) is 43.7 Å². The zero-order valence-electron chi connectivity index (χ0n) is 27.1. The number of aromatic nitrogens is 2. The second-order valence-corrected chi connectivity index (χ2v) is 12.9. The topological polar surface area (TPSA) is 14.2 Å². The summed E-state index contributed by atoms with van der Waals surface area (Å²) < 4.78 is 4.67. The Kier molecular flexibility index (Phi) is 6.24. The minimum atomic E-state index is 0.643. The molecule has 10 aromatic rings. The van der Waals surface area contributed by atoms with Crippen molar-refractivity contribution in [3.05, 3.63) is 187 Å². The standard InChI is InChI=1S/C47H29N3/c1-48-37-21-27-47-43(30-37)42-29-36(33-18-24-38(25-19-33)49-44-12-6-4-10-40(44)41-11-5-7-13-45(41)49)20-26-46(42)50(47)39-22-16-32(17-23-39)35-15-14-31-8-2-3-9-34(31)28-35/h2-30H. The van der Waals surface area contributed by atoms with E-state index < -0.39 is 0 Å². The summed E-state index contributed by atoms with van der Waals surface area (Å²) in [5, 5.41) is 7.22. The van der Waals surface area contributed by atoms with E-state index in [2.05, 4.69) is 178 Å². The maximum atomic E-state index is 7.73. The van der Waals surface area contributed by atoms with Gasteiger partial charge in [-0.15, -0.1) is 0 Å². The van der Waals surface area contributed by atoms with Crippen molar-refractivity contribution >= 4 is 60.1 Å². The molecule has 0 fully saturated rings. The number of hydrogen-bond acceptors (Lipinski definition) is 0. The Bertz CT molecular complexity index is 2920. The van der Waals surface area contributed by atoms with E-state index in [1.54, 1.807) is 0 Å². The first kappa shape index (κ1) is 28.2. The highest BCUT2D eigenvalue weighted by Gasteiger charge is 2.16. The lowest BCUT2D eigenvalue weighted by atomic mass is 10.0. The molecule has 3 nitrogen and oxygen atoms in total. The minimum absolute atomic E-state index is 0.643. The summed E-state index contributed by atoms with van der Waals surface area (Å²) in [6.45, 7) is 7.73. The molecular formula is C47H29N3. The lowest BCUT2D eigenvalue weighted by Gasteiger charge is -2.11. The van der Waals surface area contributed by atoms with Crippen molar-refractivity contribution in [1.82, 2.24) is 9.13 Å². The summed E-state index contributed by atoms with van der Waals surface area (Å²) in [5.74, 6) is 0. The molecule has 0 bridgehead atoms. The molecule has 0 saturated carbocycles. The maximum Gasteiger partial charge on any atom is 0.188 e. The van der Waals surface area contributed by atoms with E-state index >= 15 is 0 Å². The smallest absolute Gasteiger partial charge is 0.188 e. The van der Waals surface area contributed by atoms with Gasteiger partial charge in [-0.05, 0) is 105 Å². The van der Waals surface area contributed by atoms with Crippen LogP contribution in [0.15, 0.2) is 176 Å². The monoisotopic (exact) mass is 635 g/mol. The molecule has 0 radical (unpaired) electrons. The Morgan fingerprint density at radius 1 is 0.340 bits per heavy atom. The summed E-state index contributed by atoms with van der Waals surface area (Å²) >= 11 is 0. The molecule has 10 rings (SSSR count). The average Bonchev–Trinajstić information content (AvgIpc) is 3.70. The minimum Gasteiger partial charge on any atom is -0.309 e. The van der Waals surface area contributed by atoms with Crippen molar-refractivity contribution in [1.29, 1.82) is 0 Å². The molecule has 0 aliphatic carbocycles. The molecule has 0 spiro atoms. The SMILES string of the molecule is [C-]#[N+]c1ccc2c(c1)c1cc(-c3ccc(-n4c5ccccc5c5ccccc54)cc3)ccc1n2-c1ccc(-c2ccc3ccccc3c2)cc1. The highest BCUT2D eigenvalue weighted by Crippen LogP contribution is 2.38. The Hall–Kier alpha value is -6.89. The Morgan fingerprint density at radius 3 is 1.42 bits per heavy atom. The summed E-state index contributed by atoms with van der Waals surface area (Å²) in [6, 6.07) is 62.8. The molecule has 0 aliphatic heterocycles. The maximum absolute atomic E-state index is 7.73. The number of hydrogen-bond donors (Lipinski definition) is 0. The van der Waals surface area contributed by atoms with Gasteiger partial charge in [-0.25, -0.2) is 4.85 Å². The van der Waals surface area contributed by atoms with Gasteiger partial charge in [0.2, 0.25) is 0 Å². The molecule has 50 heavy (non-hydrogen) atoms. The number of para-hydroxylation sites is 2. The average molecular weight is 636 g/mol. The van der Waals surface area contributed by atoms with Crippen molar-refractivity contribution in [2.24, 2.45) is 0 Å². The number of benzene rings is 8. The van der Waals surface area contributed by atoms with Gasteiger partial charge < -0.3 is 9.13 Å². The van der Waals surface area contributed by atoms with Crippen LogP contribution in [0.5, 0.6) is 0 Å². The quantitative estimate of drug-likeness (QED) is 0.171. The summed E-state index contributed by atoms with van der Waals surface area (Å²) in [6.07, 6.45) is 0. The number of nitrogens with zero attached hydrogens (tertiary/aromatic N) is 3. The molecule has 2 aromatic heterocycles. The van der Waals surface area contributed by atoms with E-state index in [-0.39, 0.29) is 0 Å². The fourth-order valence-electron chi connectivity index (χ4n) is 7.71. The molecule has 0 N–H and O–H groups in total. The van der Waals surface area contributed by atoms with E-state index in [4.69, 9.17) is 6.57 Å². The van der Waals surface area contributed by atoms with Crippen molar-refractivity contribution in [2.45, 2.75) is 0 Å². The zero-order chi connectivity index (χ0) is 33.2. The van der Waals surface area contributed by atoms with Gasteiger partial charge in [-0.1, -0.05) is 109 Å². The molecular weight excluding hydrogens is 607 g/mol. The van der Waals surface area contributed by atoms with Crippen LogP contribution in [0.3, 0.4) is 0 Å². The molecule has 232 valence electrons. The first-order valence-corrected chi connectivity index (χ1v) is 16.9. The fraction of sp³-hybridized carbons (Fsp3) is 0. The fourth-order valence-corrected chi connectivity index (χ4v) is 7.71. The predicted octanol–water partition coefficient (Wildman–Crippen LogP) is 12.9. The van der Waals surface area contributed by atoms with Crippen LogP contribution in [0.25, 0.3) is 92.9 Å². The molecule has 2 heterocycles. The van der Waals surface area contributed by atoms with E-state index in [9.17, 15) is 0 Å². The highest BCUT2D eigenvalue weighted by molar-refractivity contribution is 6.12. The van der Waals surface area contributed by atoms with Gasteiger partial charge in [0, 0.05) is 27.5 Å². The largest absolute Gasteiger partial charge is 0.309 e. The molecule has 0 saturated heterocycles. The first-order valence-electron chi connectivity index (χ1n) is 16.9. The second kappa shape index (κ2) is 11.1. The molecule has 0 amide bonds. The van der Waals surface area contributed by atoms with E-state index in [1.807, 2.05) is 12.1 Å². The zero-order valence-corrected chi connectivity index (χ0v) is 27.1. The molecule has 0 atom stereocenters. The van der Waals surface area contributed by atoms with Crippen LogP contribution in [0, 0.1) is 6.57 Å². The third-order valence-electron chi connectivity index (χ3n) is 10.1. The molecule has 3 heteroatoms. The molecule has 0 unspecified atom stereocenters. The van der Waals surface area contributed by atoms with Crippen molar-refractivity contribution in [2.75, 3.05) is 0 Å². The summed E-state index contributed by atoms with van der Waals surface area (Å²) in [5.41, 5.74) is 12.2. The predicted molar refractivity (Wildman–Crippen MR) is 210 cm³/mol. The first-order chi connectivity index (χ1) is 24.7. The lowest BCUT2D eigenvalue weighted by Crippen LogP contribution is -1.94. The summed E-state index contributed by atoms with van der Waals surface area (Å²) in [7, 11) is 0. The van der Waals surface area contributed by atoms with Gasteiger partial charge >= 0.3 is 0 Å². The van der Waals surface area contributed by atoms with Crippen LogP contribution in [0.2, 0.25) is 0 Å². The van der Waals surface area contributed by atoms with Crippen LogP contribution < -0.4 is 0 Å². The lowest BCUT2D eigenvalue weighted by molar-refractivity contribution is 1.18. The van der Waals surface area contributed by atoms with Crippen molar-refractivity contribution in [3.8, 4) is 33.6 Å². The Morgan fingerprint density at radius 2 is 0.800 bits per heavy atom. The summed E-state index contributed by atoms with van der Waals surface area (Å²) in [4.78, 5) is 3.77. The normalized spacial score (nSPS) is 11.6. The van der Waals surface area contributed by atoms with Gasteiger partial charge in [-0.2, -0.15) is 0 Å². The van der Waals surface area contributed by atoms with Crippen LogP contribution in [-0.2, 0) is 0 Å². The Balaban J connectivity index is 1.07. The van der Waals surface area contributed by atoms with Crippen molar-refractivity contribution < 1.29 is 0 Å². The van der Waals surface area contributed by atoms with Crippen LogP contribution in [0.4, 0.5) is 5.69 Å². The van der Waals surface area contributed by atoms with Crippen LogP contribution in [-0.4, -0.2) is 9.13 Å². The third-order valence-corrected chi connectivity index (χ3v) is 10.1. The Labute approximate surface area is 289 Å². The van der Waals surface area contributed by atoms with Gasteiger partial charge in [0.05, 0.1) is 28.6 Å². The third kappa shape index (κ3) is 4.36. The van der Waals surface area contributed by atoms with Crippen LogP contribution in [0.1, 0.15) is 0 Å².